The van der Waals surface area contributed by atoms with E-state index in [1.165, 1.54) is 6.33 Å². The second kappa shape index (κ2) is 13.7. The van der Waals surface area contributed by atoms with Crippen molar-refractivity contribution in [2.24, 2.45) is 0 Å². The van der Waals surface area contributed by atoms with E-state index in [4.69, 9.17) is 46.9 Å². The normalized spacial score (nSPS) is 21.1. The van der Waals surface area contributed by atoms with Crippen LogP contribution in [-0.4, -0.2) is 91.7 Å². The average molecular weight is 607 g/mol. The molecule has 1 N–H and O–H groups in total. The van der Waals surface area contributed by atoms with E-state index < -0.39 is 11.9 Å². The third kappa shape index (κ3) is 7.59. The van der Waals surface area contributed by atoms with Crippen LogP contribution >= 0.6 is 23.2 Å². The molecule has 14 heteroatoms. The number of amides is 1. The van der Waals surface area contributed by atoms with Crippen LogP contribution in [0.3, 0.4) is 0 Å². The summed E-state index contributed by atoms with van der Waals surface area (Å²) in [5.74, 6) is -0.444. The molecule has 2 aliphatic heterocycles. The third-order valence-corrected chi connectivity index (χ3v) is 7.27. The minimum absolute atomic E-state index is 0.219. The van der Waals surface area contributed by atoms with E-state index in [0.717, 1.165) is 24.5 Å². The number of rotatable bonds is 11. The van der Waals surface area contributed by atoms with Gasteiger partial charge >= 0.3 is 6.09 Å². The number of methoxy groups -OCH3 is 1. The van der Waals surface area contributed by atoms with Crippen LogP contribution in [-0.2, 0) is 31.3 Å². The summed E-state index contributed by atoms with van der Waals surface area (Å²) in [5, 5.41) is 7.02. The van der Waals surface area contributed by atoms with Gasteiger partial charge in [-0.05, 0) is 36.4 Å². The van der Waals surface area contributed by atoms with Crippen molar-refractivity contribution in [1.29, 1.82) is 0 Å². The molecule has 0 unspecified atom stereocenters. The molecular weight excluding hydrogens is 575 g/mol. The zero-order valence-electron chi connectivity index (χ0n) is 22.6. The molecule has 0 saturated carbocycles. The topological polar surface area (TPSA) is 112 Å². The van der Waals surface area contributed by atoms with Crippen LogP contribution in [0.4, 0.5) is 10.5 Å². The molecule has 2 atom stereocenters. The maximum atomic E-state index is 11.8. The van der Waals surface area contributed by atoms with Crippen molar-refractivity contribution < 1.29 is 28.5 Å². The number of anilines is 1. The van der Waals surface area contributed by atoms with Crippen LogP contribution in [0.5, 0.6) is 5.75 Å². The van der Waals surface area contributed by atoms with Gasteiger partial charge in [-0.1, -0.05) is 29.3 Å². The largest absolute Gasteiger partial charge is 0.491 e. The highest BCUT2D eigenvalue weighted by Gasteiger charge is 2.45. The van der Waals surface area contributed by atoms with Gasteiger partial charge < -0.3 is 28.6 Å². The number of benzene rings is 2. The van der Waals surface area contributed by atoms with Crippen molar-refractivity contribution in [1.82, 2.24) is 25.2 Å². The molecule has 1 aromatic heterocycles. The van der Waals surface area contributed by atoms with Crippen molar-refractivity contribution in [2.75, 3.05) is 64.6 Å². The molecule has 3 heterocycles. The molecule has 1 amide bonds. The zero-order valence-corrected chi connectivity index (χ0v) is 24.1. The summed E-state index contributed by atoms with van der Waals surface area (Å²) in [6, 6.07) is 13.1. The molecule has 5 rings (SSSR count). The van der Waals surface area contributed by atoms with Gasteiger partial charge in [0, 0.05) is 49.6 Å². The maximum absolute atomic E-state index is 11.8. The highest BCUT2D eigenvalue weighted by atomic mass is 35.5. The molecule has 2 aliphatic rings. The minimum Gasteiger partial charge on any atom is -0.491 e. The van der Waals surface area contributed by atoms with Gasteiger partial charge in [-0.2, -0.15) is 5.10 Å². The molecule has 220 valence electrons. The highest BCUT2D eigenvalue weighted by Crippen LogP contribution is 2.40. The molecule has 2 fully saturated rings. The van der Waals surface area contributed by atoms with Crippen LogP contribution in [0.2, 0.25) is 10.0 Å². The van der Waals surface area contributed by atoms with Crippen LogP contribution in [0.1, 0.15) is 5.56 Å². The number of carbonyl (C=O) groups is 1. The Balaban J connectivity index is 1.13. The SMILES string of the molecule is COCCOC(=O)NN1CCN(c2ccc(OC[C@@H]3CO[C@@](Cn4cncn4)(c4ccc(Cl)cc4Cl)O3)cc2)CC1. The lowest BCUT2D eigenvalue weighted by molar-refractivity contribution is -0.190. The lowest BCUT2D eigenvalue weighted by Gasteiger charge is -2.35. The Morgan fingerprint density at radius 1 is 1.12 bits per heavy atom. The van der Waals surface area contributed by atoms with Gasteiger partial charge in [0.05, 0.1) is 18.2 Å². The Kier molecular flexibility index (Phi) is 9.80. The quantitative estimate of drug-likeness (QED) is 0.326. The number of hydrogen-bond donors (Lipinski definition) is 1. The molecule has 12 nitrogen and oxygen atoms in total. The fourth-order valence-corrected chi connectivity index (χ4v) is 5.23. The van der Waals surface area contributed by atoms with Crippen LogP contribution in [0, 0.1) is 0 Å². The molecule has 0 radical (unpaired) electrons. The summed E-state index contributed by atoms with van der Waals surface area (Å²) in [7, 11) is 1.56. The first-order chi connectivity index (χ1) is 19.9. The van der Waals surface area contributed by atoms with Crippen LogP contribution < -0.4 is 15.1 Å². The fraction of sp³-hybridized carbons (Fsp3) is 0.444. The molecular formula is C27H32Cl2N6O6. The van der Waals surface area contributed by atoms with Gasteiger partial charge in [0.1, 0.15) is 44.3 Å². The number of ether oxygens (including phenoxy) is 5. The summed E-state index contributed by atoms with van der Waals surface area (Å²) >= 11 is 12.7. The van der Waals surface area contributed by atoms with E-state index in [-0.39, 0.29) is 25.9 Å². The van der Waals surface area contributed by atoms with E-state index in [1.807, 2.05) is 29.3 Å². The Morgan fingerprint density at radius 2 is 1.93 bits per heavy atom. The summed E-state index contributed by atoms with van der Waals surface area (Å²) in [5.41, 5.74) is 4.49. The Morgan fingerprint density at radius 3 is 2.63 bits per heavy atom. The lowest BCUT2D eigenvalue weighted by atomic mass is 10.1. The van der Waals surface area contributed by atoms with Crippen molar-refractivity contribution in [2.45, 2.75) is 18.4 Å². The van der Waals surface area contributed by atoms with E-state index in [2.05, 4.69) is 20.4 Å². The summed E-state index contributed by atoms with van der Waals surface area (Å²) in [6.07, 6.45) is 2.24. The number of piperazine rings is 1. The number of aromatic nitrogens is 3. The number of halogens is 2. The van der Waals surface area contributed by atoms with Crippen molar-refractivity contribution in [3.8, 4) is 5.75 Å². The molecule has 3 aromatic rings. The predicted molar refractivity (Wildman–Crippen MR) is 151 cm³/mol. The first-order valence-electron chi connectivity index (χ1n) is 13.2. The molecule has 41 heavy (non-hydrogen) atoms. The predicted octanol–water partition coefficient (Wildman–Crippen LogP) is 3.34. The Labute approximate surface area is 247 Å². The minimum atomic E-state index is -1.16. The first-order valence-corrected chi connectivity index (χ1v) is 13.9. The monoisotopic (exact) mass is 606 g/mol. The van der Waals surface area contributed by atoms with E-state index in [9.17, 15) is 4.79 Å². The molecule has 0 aliphatic carbocycles. The van der Waals surface area contributed by atoms with Gasteiger partial charge in [0.15, 0.2) is 0 Å². The van der Waals surface area contributed by atoms with Crippen LogP contribution in [0.25, 0.3) is 0 Å². The molecule has 0 spiro atoms. The maximum Gasteiger partial charge on any atom is 0.421 e. The van der Waals surface area contributed by atoms with Crippen LogP contribution in [0.15, 0.2) is 55.1 Å². The fourth-order valence-electron chi connectivity index (χ4n) is 4.68. The lowest BCUT2D eigenvalue weighted by Crippen LogP contribution is -2.53. The number of hydrazine groups is 1. The van der Waals surface area contributed by atoms with Crippen molar-refractivity contribution in [3.63, 3.8) is 0 Å². The summed E-state index contributed by atoms with van der Waals surface area (Å²) in [4.78, 5) is 18.1. The van der Waals surface area contributed by atoms with E-state index in [0.29, 0.717) is 41.9 Å². The second-order valence-corrected chi connectivity index (χ2v) is 10.4. The first kappa shape index (κ1) is 29.4. The summed E-state index contributed by atoms with van der Waals surface area (Å²) in [6.45, 7) is 4.30. The number of hydrogen-bond acceptors (Lipinski definition) is 10. The molecule has 2 saturated heterocycles. The number of nitrogens with zero attached hydrogens (tertiary/aromatic N) is 5. The van der Waals surface area contributed by atoms with Gasteiger partial charge in [-0.3, -0.25) is 5.43 Å². The smallest absolute Gasteiger partial charge is 0.421 e. The Hall–Kier alpha value is -3.13. The van der Waals surface area contributed by atoms with Crippen molar-refractivity contribution >= 4 is 35.0 Å². The van der Waals surface area contributed by atoms with Gasteiger partial charge in [-0.25, -0.2) is 19.5 Å². The standard InChI is InChI=1S/C27H32Cl2N6O6/c1-37-12-13-38-26(36)32-34-10-8-33(9-11-34)21-3-5-22(6-4-21)39-15-23-16-40-27(41-23,17-35-19-30-18-31-35)24-7-2-20(28)14-25(24)29/h2-7,14,18-19,23H,8-13,15-17H2,1H3,(H,32,36)/t23-,27-/m1/s1. The Bertz CT molecular complexity index is 1280. The number of nitrogens with one attached hydrogen (secondary N) is 1. The second-order valence-electron chi connectivity index (χ2n) is 9.54. The van der Waals surface area contributed by atoms with Gasteiger partial charge in [0.25, 0.3) is 0 Å². The van der Waals surface area contributed by atoms with Crippen molar-refractivity contribution in [3.05, 3.63) is 70.7 Å². The molecule has 2 aromatic carbocycles. The van der Waals surface area contributed by atoms with Gasteiger partial charge in [0.2, 0.25) is 5.79 Å². The average Bonchev–Trinajstić information content (AvgIpc) is 3.63. The summed E-state index contributed by atoms with van der Waals surface area (Å²) < 4.78 is 30.3. The zero-order chi connectivity index (χ0) is 28.7. The van der Waals surface area contributed by atoms with Gasteiger partial charge in [-0.15, -0.1) is 0 Å². The highest BCUT2D eigenvalue weighted by molar-refractivity contribution is 6.35. The van der Waals surface area contributed by atoms with E-state index in [1.54, 1.807) is 36.3 Å². The third-order valence-electron chi connectivity index (χ3n) is 6.73. The van der Waals surface area contributed by atoms with E-state index >= 15 is 0 Å². The molecule has 0 bridgehead atoms. The number of carbonyl (C=O) groups excluding carboxylic acids is 1.